The van der Waals surface area contributed by atoms with Crippen LogP contribution in [-0.4, -0.2) is 40.4 Å². The number of hydrogen-bond acceptors (Lipinski definition) is 5. The molecule has 0 radical (unpaired) electrons. The van der Waals surface area contributed by atoms with Gasteiger partial charge in [0.25, 0.3) is 0 Å². The van der Waals surface area contributed by atoms with Gasteiger partial charge in [-0.25, -0.2) is 23.5 Å². The Balaban J connectivity index is 1.62. The quantitative estimate of drug-likeness (QED) is 0.580. The molecule has 9 heteroatoms. The van der Waals surface area contributed by atoms with E-state index in [1.54, 1.807) is 24.4 Å². The molecular formula is C21H20F2N4O3. The van der Waals surface area contributed by atoms with Crippen LogP contribution in [0.25, 0.3) is 22.0 Å². The van der Waals surface area contributed by atoms with E-state index in [0.29, 0.717) is 22.4 Å². The van der Waals surface area contributed by atoms with Crippen LogP contribution in [0.5, 0.6) is 5.75 Å². The highest BCUT2D eigenvalue weighted by Crippen LogP contribution is 2.33. The van der Waals surface area contributed by atoms with Crippen molar-refractivity contribution in [2.24, 2.45) is 0 Å². The van der Waals surface area contributed by atoms with Crippen molar-refractivity contribution in [3.05, 3.63) is 48.2 Å². The first kappa shape index (κ1) is 19.8. The fourth-order valence-electron chi connectivity index (χ4n) is 3.84. The molecule has 7 nitrogen and oxygen atoms in total. The largest absolute Gasteiger partial charge is 0.494 e. The summed E-state index contributed by atoms with van der Waals surface area (Å²) in [6, 6.07) is 6.97. The molecule has 30 heavy (non-hydrogen) atoms. The molecule has 1 amide bonds. The van der Waals surface area contributed by atoms with E-state index >= 15 is 0 Å². The van der Waals surface area contributed by atoms with Gasteiger partial charge in [-0.05, 0) is 49.1 Å². The molecule has 1 saturated carbocycles. The number of rotatable bonds is 5. The first-order valence-electron chi connectivity index (χ1n) is 9.51. The molecular weight excluding hydrogens is 394 g/mol. The second-order valence-corrected chi connectivity index (χ2v) is 7.14. The van der Waals surface area contributed by atoms with Gasteiger partial charge >= 0.3 is 6.09 Å². The minimum absolute atomic E-state index is 0.0385. The van der Waals surface area contributed by atoms with Crippen molar-refractivity contribution < 1.29 is 23.4 Å². The number of hydrogen-bond donors (Lipinski definition) is 3. The standard InChI is InChI=1S/C21H20F2N4O3/c1-30-17-8-6-13(22)18(19(17)23)11-5-7-14-12(9-11)10-24-20(25-14)26-15-3-2-4-16(15)27-21(28)29/h5-10,15-16,27H,2-4H2,1H3,(H,28,29)(H,24,25,26)/t15-,16+/m1/s1. The van der Waals surface area contributed by atoms with Crippen LogP contribution in [0, 0.1) is 11.6 Å². The van der Waals surface area contributed by atoms with Crippen molar-refractivity contribution in [1.29, 1.82) is 0 Å². The summed E-state index contributed by atoms with van der Waals surface area (Å²) in [6.45, 7) is 0. The van der Waals surface area contributed by atoms with Gasteiger partial charge in [0.2, 0.25) is 5.95 Å². The lowest BCUT2D eigenvalue weighted by Crippen LogP contribution is -2.42. The number of fused-ring (bicyclic) bond motifs is 1. The summed E-state index contributed by atoms with van der Waals surface area (Å²) in [4.78, 5) is 19.7. The number of anilines is 1. The molecule has 1 heterocycles. The molecule has 0 spiro atoms. The van der Waals surface area contributed by atoms with Gasteiger partial charge < -0.3 is 20.5 Å². The summed E-state index contributed by atoms with van der Waals surface area (Å²) < 4.78 is 33.8. The molecule has 1 aliphatic carbocycles. The molecule has 156 valence electrons. The van der Waals surface area contributed by atoms with E-state index in [0.717, 1.165) is 25.3 Å². The van der Waals surface area contributed by atoms with E-state index in [1.165, 1.54) is 13.2 Å². The molecule has 3 N–H and O–H groups in total. The summed E-state index contributed by atoms with van der Waals surface area (Å²) >= 11 is 0. The molecule has 4 rings (SSSR count). The van der Waals surface area contributed by atoms with Gasteiger partial charge in [0.1, 0.15) is 5.82 Å². The number of carbonyl (C=O) groups is 1. The number of methoxy groups -OCH3 is 1. The average molecular weight is 414 g/mol. The number of nitrogens with one attached hydrogen (secondary N) is 2. The molecule has 3 aromatic rings. The Morgan fingerprint density at radius 2 is 2.00 bits per heavy atom. The number of nitrogens with zero attached hydrogens (tertiary/aromatic N) is 2. The first-order valence-corrected chi connectivity index (χ1v) is 9.51. The maximum absolute atomic E-state index is 14.6. The van der Waals surface area contributed by atoms with Gasteiger partial charge in [-0.3, -0.25) is 0 Å². The van der Waals surface area contributed by atoms with Crippen LogP contribution in [0.15, 0.2) is 36.5 Å². The van der Waals surface area contributed by atoms with E-state index in [9.17, 15) is 13.6 Å². The van der Waals surface area contributed by atoms with Gasteiger partial charge in [-0.2, -0.15) is 0 Å². The van der Waals surface area contributed by atoms with Crippen molar-refractivity contribution in [3.8, 4) is 16.9 Å². The van der Waals surface area contributed by atoms with E-state index < -0.39 is 17.7 Å². The van der Waals surface area contributed by atoms with Crippen LogP contribution >= 0.6 is 0 Å². The Bertz CT molecular complexity index is 1110. The van der Waals surface area contributed by atoms with Crippen LogP contribution < -0.4 is 15.4 Å². The fraction of sp³-hybridized carbons (Fsp3) is 0.286. The summed E-state index contributed by atoms with van der Waals surface area (Å²) in [5, 5.41) is 15.3. The van der Waals surface area contributed by atoms with Gasteiger partial charge in [-0.15, -0.1) is 0 Å². The van der Waals surface area contributed by atoms with Crippen LogP contribution in [-0.2, 0) is 0 Å². The van der Waals surface area contributed by atoms with Crippen molar-refractivity contribution in [2.45, 2.75) is 31.3 Å². The van der Waals surface area contributed by atoms with E-state index in [-0.39, 0.29) is 23.4 Å². The highest BCUT2D eigenvalue weighted by atomic mass is 19.1. The molecule has 2 aromatic carbocycles. The van der Waals surface area contributed by atoms with Crippen LogP contribution in [0.4, 0.5) is 19.5 Å². The molecule has 2 atom stereocenters. The van der Waals surface area contributed by atoms with Crippen molar-refractivity contribution in [3.63, 3.8) is 0 Å². The number of halogens is 2. The summed E-state index contributed by atoms with van der Waals surface area (Å²) in [7, 11) is 1.32. The first-order chi connectivity index (χ1) is 14.5. The second-order valence-electron chi connectivity index (χ2n) is 7.14. The highest BCUT2D eigenvalue weighted by molar-refractivity contribution is 5.85. The third-order valence-electron chi connectivity index (χ3n) is 5.28. The van der Waals surface area contributed by atoms with Gasteiger partial charge in [0.15, 0.2) is 11.6 Å². The predicted molar refractivity (Wildman–Crippen MR) is 108 cm³/mol. The Labute approximate surface area is 171 Å². The van der Waals surface area contributed by atoms with Crippen molar-refractivity contribution in [1.82, 2.24) is 15.3 Å². The lowest BCUT2D eigenvalue weighted by molar-refractivity contribution is 0.189. The summed E-state index contributed by atoms with van der Waals surface area (Å²) in [5.41, 5.74) is 0.773. The normalized spacial score (nSPS) is 18.4. The highest BCUT2D eigenvalue weighted by Gasteiger charge is 2.29. The number of carboxylic acid groups (broad SMARTS) is 1. The third-order valence-corrected chi connectivity index (χ3v) is 5.28. The Kier molecular flexibility index (Phi) is 5.35. The maximum atomic E-state index is 14.6. The molecule has 0 unspecified atom stereocenters. The molecule has 0 bridgehead atoms. The topological polar surface area (TPSA) is 96.4 Å². The Morgan fingerprint density at radius 3 is 2.77 bits per heavy atom. The van der Waals surface area contributed by atoms with Crippen molar-refractivity contribution in [2.75, 3.05) is 12.4 Å². The van der Waals surface area contributed by atoms with Gasteiger partial charge in [0, 0.05) is 17.6 Å². The maximum Gasteiger partial charge on any atom is 0.404 e. The minimum Gasteiger partial charge on any atom is -0.494 e. The molecule has 0 aliphatic heterocycles. The fourth-order valence-corrected chi connectivity index (χ4v) is 3.84. The lowest BCUT2D eigenvalue weighted by Gasteiger charge is -2.20. The SMILES string of the molecule is COc1ccc(F)c(-c2ccc3nc(N[C@@H]4CCC[C@@H]4NC(=O)O)ncc3c2)c1F. The summed E-state index contributed by atoms with van der Waals surface area (Å²) in [6.07, 6.45) is 2.96. The zero-order valence-corrected chi connectivity index (χ0v) is 16.2. The third kappa shape index (κ3) is 3.83. The average Bonchev–Trinajstić information content (AvgIpc) is 3.14. The van der Waals surface area contributed by atoms with Crippen molar-refractivity contribution >= 4 is 22.9 Å². The minimum atomic E-state index is -1.06. The van der Waals surface area contributed by atoms with E-state index in [4.69, 9.17) is 9.84 Å². The van der Waals surface area contributed by atoms with Gasteiger partial charge in [0.05, 0.1) is 24.2 Å². The number of benzene rings is 2. The smallest absolute Gasteiger partial charge is 0.404 e. The van der Waals surface area contributed by atoms with Crippen LogP contribution in [0.1, 0.15) is 19.3 Å². The number of aromatic nitrogens is 2. The zero-order valence-electron chi connectivity index (χ0n) is 16.2. The lowest BCUT2D eigenvalue weighted by atomic mass is 10.0. The van der Waals surface area contributed by atoms with E-state index in [1.807, 2.05) is 0 Å². The van der Waals surface area contributed by atoms with Crippen LogP contribution in [0.2, 0.25) is 0 Å². The van der Waals surface area contributed by atoms with Crippen LogP contribution in [0.3, 0.4) is 0 Å². The Hall–Kier alpha value is -3.49. The van der Waals surface area contributed by atoms with Gasteiger partial charge in [-0.1, -0.05) is 6.07 Å². The van der Waals surface area contributed by atoms with E-state index in [2.05, 4.69) is 20.6 Å². The molecule has 1 aliphatic rings. The molecule has 1 fully saturated rings. The predicted octanol–water partition coefficient (Wildman–Crippen LogP) is 4.18. The molecule has 0 saturated heterocycles. The summed E-state index contributed by atoms with van der Waals surface area (Å²) in [5.74, 6) is -1.12. The monoisotopic (exact) mass is 414 g/mol. The Morgan fingerprint density at radius 1 is 1.20 bits per heavy atom. The second kappa shape index (κ2) is 8.10. The molecule has 1 aromatic heterocycles. The number of amides is 1. The zero-order chi connectivity index (χ0) is 21.3. The number of ether oxygens (including phenoxy) is 1.